The Morgan fingerprint density at radius 2 is 1.00 bits per heavy atom. The Bertz CT molecular complexity index is 1990. The molecule has 1 heterocycles. The fourth-order valence-electron chi connectivity index (χ4n) is 4.88. The summed E-state index contributed by atoms with van der Waals surface area (Å²) in [4.78, 5) is 52.6. The van der Waals surface area contributed by atoms with E-state index in [1.165, 1.54) is 12.1 Å². The Hall–Kier alpha value is -6.68. The number of hydrogen-bond donors (Lipinski definition) is 7. The number of benzene rings is 4. The number of rotatable bonds is 9. The van der Waals surface area contributed by atoms with Crippen molar-refractivity contribution in [2.45, 2.75) is 37.9 Å². The molecule has 266 valence electrons. The van der Waals surface area contributed by atoms with Crippen LogP contribution in [-0.4, -0.2) is 90.8 Å². The van der Waals surface area contributed by atoms with Crippen molar-refractivity contribution in [3.8, 4) is 40.2 Å². The summed E-state index contributed by atoms with van der Waals surface area (Å²) >= 11 is 0. The number of carbonyl (C=O) groups is 4. The summed E-state index contributed by atoms with van der Waals surface area (Å²) in [5.74, 6) is -7.92. The number of aryl methyl sites for hydroxylation is 1. The van der Waals surface area contributed by atoms with Crippen LogP contribution in [0.5, 0.6) is 40.2 Å². The number of ether oxygens (including phenoxy) is 5. The van der Waals surface area contributed by atoms with Crippen LogP contribution in [0.3, 0.4) is 0 Å². The molecule has 0 aromatic heterocycles. The van der Waals surface area contributed by atoms with Gasteiger partial charge in [0, 0.05) is 0 Å². The zero-order valence-electron chi connectivity index (χ0n) is 26.5. The molecular weight excluding hydrogens is 676 g/mol. The highest BCUT2D eigenvalue weighted by Crippen LogP contribution is 2.32. The fraction of sp³-hybridized carbons (Fsp3) is 0.200. The first-order valence-corrected chi connectivity index (χ1v) is 15.0. The van der Waals surface area contributed by atoms with Crippen molar-refractivity contribution < 1.29 is 78.6 Å². The molecule has 0 amide bonds. The van der Waals surface area contributed by atoms with E-state index in [2.05, 4.69) is 0 Å². The maximum atomic E-state index is 13.3. The lowest BCUT2D eigenvalue weighted by atomic mass is 10.0. The lowest BCUT2D eigenvalue weighted by Gasteiger charge is -2.39. The first-order valence-electron chi connectivity index (χ1n) is 15.0. The molecule has 16 heteroatoms. The largest absolute Gasteiger partial charge is 0.508 e. The summed E-state index contributed by atoms with van der Waals surface area (Å²) < 4.78 is 28.1. The lowest BCUT2D eigenvalue weighted by Crippen LogP contribution is -2.54. The average molecular weight is 707 g/mol. The van der Waals surface area contributed by atoms with Gasteiger partial charge >= 0.3 is 23.9 Å². The molecule has 0 spiro atoms. The Morgan fingerprint density at radius 3 is 1.49 bits per heavy atom. The monoisotopic (exact) mass is 706 g/mol. The third-order valence-corrected chi connectivity index (χ3v) is 7.68. The Morgan fingerprint density at radius 1 is 0.569 bits per heavy atom. The summed E-state index contributed by atoms with van der Waals surface area (Å²) in [6.07, 6.45) is -6.72. The summed E-state index contributed by atoms with van der Waals surface area (Å²) in [6, 6.07) is 13.2. The zero-order valence-corrected chi connectivity index (χ0v) is 26.5. The fourth-order valence-corrected chi connectivity index (χ4v) is 4.88. The molecule has 1 fully saturated rings. The molecule has 4 aromatic rings. The SMILES string of the molecule is Cc1ccc(C(=O)OC2C[C@@H](OC(=O)c3ccc(O)c(O)c3)[C@@H](OC(=O)c3ccc(O)c(O)c3)[C@@H](COC(=O)c3ccc(O)c(O)c3)O2)cc1O. The van der Waals surface area contributed by atoms with Gasteiger partial charge in [-0.25, -0.2) is 19.2 Å². The van der Waals surface area contributed by atoms with Crippen LogP contribution >= 0.6 is 0 Å². The van der Waals surface area contributed by atoms with Crippen molar-refractivity contribution in [3.05, 3.63) is 101 Å². The van der Waals surface area contributed by atoms with E-state index in [4.69, 9.17) is 23.7 Å². The van der Waals surface area contributed by atoms with Gasteiger partial charge in [-0.15, -0.1) is 0 Å². The van der Waals surface area contributed by atoms with Crippen LogP contribution in [0.2, 0.25) is 0 Å². The van der Waals surface area contributed by atoms with Gasteiger partial charge in [0.05, 0.1) is 28.7 Å². The van der Waals surface area contributed by atoms with Crippen molar-refractivity contribution in [2.75, 3.05) is 6.61 Å². The average Bonchev–Trinajstić information content (AvgIpc) is 3.09. The molecule has 0 radical (unpaired) electrons. The van der Waals surface area contributed by atoms with Gasteiger partial charge in [0.2, 0.25) is 6.29 Å². The minimum Gasteiger partial charge on any atom is -0.508 e. The van der Waals surface area contributed by atoms with E-state index in [1.54, 1.807) is 6.92 Å². The number of aromatic hydroxyl groups is 7. The van der Waals surface area contributed by atoms with Crippen LogP contribution < -0.4 is 0 Å². The molecule has 0 bridgehead atoms. The number of hydrogen-bond acceptors (Lipinski definition) is 16. The van der Waals surface area contributed by atoms with Crippen molar-refractivity contribution in [2.24, 2.45) is 0 Å². The van der Waals surface area contributed by atoms with Crippen LogP contribution in [0.25, 0.3) is 0 Å². The molecule has 1 saturated heterocycles. The van der Waals surface area contributed by atoms with Gasteiger partial charge in [-0.3, -0.25) is 0 Å². The molecule has 0 saturated carbocycles. The molecule has 0 aliphatic carbocycles. The smallest absolute Gasteiger partial charge is 0.340 e. The van der Waals surface area contributed by atoms with E-state index in [9.17, 15) is 54.9 Å². The van der Waals surface area contributed by atoms with Gasteiger partial charge in [0.25, 0.3) is 0 Å². The van der Waals surface area contributed by atoms with E-state index in [0.29, 0.717) is 5.56 Å². The summed E-state index contributed by atoms with van der Waals surface area (Å²) in [7, 11) is 0. The van der Waals surface area contributed by atoms with Gasteiger partial charge in [-0.1, -0.05) is 6.07 Å². The topological polar surface area (TPSA) is 256 Å². The first-order chi connectivity index (χ1) is 24.2. The third-order valence-electron chi connectivity index (χ3n) is 7.68. The minimum absolute atomic E-state index is 0.0781. The van der Waals surface area contributed by atoms with E-state index in [-0.39, 0.29) is 28.0 Å². The quantitative estimate of drug-likeness (QED) is 0.0746. The maximum Gasteiger partial charge on any atom is 0.340 e. The van der Waals surface area contributed by atoms with Crippen LogP contribution in [0.15, 0.2) is 72.8 Å². The van der Waals surface area contributed by atoms with Gasteiger partial charge in [-0.05, 0) is 79.2 Å². The Labute approximate surface area is 287 Å². The minimum atomic E-state index is -1.62. The molecule has 51 heavy (non-hydrogen) atoms. The summed E-state index contributed by atoms with van der Waals surface area (Å²) in [5.41, 5.74) is -0.314. The molecule has 4 aromatic carbocycles. The highest BCUT2D eigenvalue weighted by atomic mass is 16.7. The first kappa shape index (κ1) is 35.6. The molecule has 4 atom stereocenters. The van der Waals surface area contributed by atoms with Gasteiger partial charge < -0.3 is 59.4 Å². The van der Waals surface area contributed by atoms with E-state index >= 15 is 0 Å². The predicted octanol–water partition coefficient (Wildman–Crippen LogP) is 3.51. The maximum absolute atomic E-state index is 13.3. The second kappa shape index (κ2) is 14.8. The van der Waals surface area contributed by atoms with E-state index < -0.39 is 96.0 Å². The van der Waals surface area contributed by atoms with E-state index in [0.717, 1.165) is 60.7 Å². The number of phenolic OH excluding ortho intramolecular Hbond substituents is 7. The molecule has 1 aliphatic heterocycles. The second-order valence-electron chi connectivity index (χ2n) is 11.3. The standard InChI is InChI=1S/C35H30O16/c1-16-2-3-18(10-24(16)39)34(45)50-30-14-28(49-33(44)19-5-8-22(37)26(41)12-19)31(51-35(46)20-6-9-23(38)27(42)13-20)29(48-30)15-47-32(43)17-4-7-21(36)25(40)11-17/h2-13,28-31,36-42H,14-15H2,1H3/t28-,29-,30?,31-/m1/s1. The highest BCUT2D eigenvalue weighted by molar-refractivity contribution is 5.92. The summed E-state index contributed by atoms with van der Waals surface area (Å²) in [5, 5.41) is 68.8. The van der Waals surface area contributed by atoms with Crippen LogP contribution in [-0.2, 0) is 23.7 Å². The van der Waals surface area contributed by atoms with Crippen molar-refractivity contribution >= 4 is 23.9 Å². The molecule has 7 N–H and O–H groups in total. The zero-order chi connectivity index (χ0) is 37.0. The molecule has 5 rings (SSSR count). The number of phenols is 7. The highest BCUT2D eigenvalue weighted by Gasteiger charge is 2.46. The second-order valence-corrected chi connectivity index (χ2v) is 11.3. The normalized spacial score (nSPS) is 18.3. The number of esters is 4. The lowest BCUT2D eigenvalue weighted by molar-refractivity contribution is -0.238. The third kappa shape index (κ3) is 8.31. The Kier molecular flexibility index (Phi) is 10.4. The molecule has 1 unspecified atom stereocenters. The number of carbonyl (C=O) groups excluding carboxylic acids is 4. The van der Waals surface area contributed by atoms with Crippen LogP contribution in [0, 0.1) is 6.92 Å². The molecular formula is C35H30O16. The van der Waals surface area contributed by atoms with Gasteiger partial charge in [-0.2, -0.15) is 0 Å². The van der Waals surface area contributed by atoms with Crippen LogP contribution in [0.1, 0.15) is 53.4 Å². The molecule has 1 aliphatic rings. The van der Waals surface area contributed by atoms with Gasteiger partial charge in [0.15, 0.2) is 40.6 Å². The van der Waals surface area contributed by atoms with E-state index in [1.807, 2.05) is 0 Å². The van der Waals surface area contributed by atoms with Crippen LogP contribution in [0.4, 0.5) is 0 Å². The molecule has 16 nitrogen and oxygen atoms in total. The van der Waals surface area contributed by atoms with Crippen molar-refractivity contribution in [3.63, 3.8) is 0 Å². The predicted molar refractivity (Wildman–Crippen MR) is 170 cm³/mol. The van der Waals surface area contributed by atoms with Gasteiger partial charge in [0.1, 0.15) is 24.6 Å². The Balaban J connectivity index is 1.48. The van der Waals surface area contributed by atoms with Crippen molar-refractivity contribution in [1.29, 1.82) is 0 Å². The summed E-state index contributed by atoms with van der Waals surface area (Å²) in [6.45, 7) is 0.862. The van der Waals surface area contributed by atoms with Crippen molar-refractivity contribution in [1.82, 2.24) is 0 Å².